The van der Waals surface area contributed by atoms with Crippen molar-refractivity contribution >= 4 is 11.9 Å². The Labute approximate surface area is 205 Å². The van der Waals surface area contributed by atoms with Crippen LogP contribution in [0.25, 0.3) is 11.1 Å². The van der Waals surface area contributed by atoms with Gasteiger partial charge in [-0.2, -0.15) is 0 Å². The van der Waals surface area contributed by atoms with E-state index in [0.29, 0.717) is 36.6 Å². The molecule has 182 valence electrons. The number of nitrogens with zero attached hydrogens (tertiary/aromatic N) is 1. The molecule has 1 fully saturated rings. The summed E-state index contributed by atoms with van der Waals surface area (Å²) in [6.45, 7) is 0.980. The number of carbonyl (C=O) groups excluding carboxylic acids is 2. The molecular weight excluding hydrogens is 444 g/mol. The van der Waals surface area contributed by atoms with Crippen molar-refractivity contribution in [1.82, 2.24) is 10.2 Å². The Morgan fingerprint density at radius 1 is 0.943 bits per heavy atom. The summed E-state index contributed by atoms with van der Waals surface area (Å²) in [5.41, 5.74) is 3.37. The van der Waals surface area contributed by atoms with Crippen LogP contribution in [0.4, 0.5) is 0 Å². The molecule has 3 aromatic carbocycles. The lowest BCUT2D eigenvalue weighted by Gasteiger charge is -2.23. The molecule has 1 amide bonds. The summed E-state index contributed by atoms with van der Waals surface area (Å²) >= 11 is 0. The van der Waals surface area contributed by atoms with E-state index < -0.39 is 6.04 Å². The van der Waals surface area contributed by atoms with Gasteiger partial charge in [0.2, 0.25) is 0 Å². The van der Waals surface area contributed by atoms with Gasteiger partial charge in [0.05, 0.1) is 21.3 Å². The highest BCUT2D eigenvalue weighted by molar-refractivity contribution is 6.01. The van der Waals surface area contributed by atoms with Gasteiger partial charge in [0.25, 0.3) is 5.91 Å². The van der Waals surface area contributed by atoms with Crippen LogP contribution in [0.1, 0.15) is 22.3 Å². The van der Waals surface area contributed by atoms with Crippen molar-refractivity contribution in [2.45, 2.75) is 25.0 Å². The predicted molar refractivity (Wildman–Crippen MR) is 134 cm³/mol. The summed E-state index contributed by atoms with van der Waals surface area (Å²) in [5.74, 6) is 0.886. The first-order chi connectivity index (χ1) is 17.0. The van der Waals surface area contributed by atoms with E-state index in [1.165, 1.54) is 7.11 Å². The third-order valence-electron chi connectivity index (χ3n) is 6.34. The molecular formula is C28H30N2O5. The van der Waals surface area contributed by atoms with Gasteiger partial charge in [-0.3, -0.25) is 14.5 Å². The number of benzene rings is 3. The van der Waals surface area contributed by atoms with E-state index in [2.05, 4.69) is 5.32 Å². The number of rotatable bonds is 8. The van der Waals surface area contributed by atoms with E-state index in [4.69, 9.17) is 14.2 Å². The zero-order valence-electron chi connectivity index (χ0n) is 20.2. The van der Waals surface area contributed by atoms with Gasteiger partial charge in [-0.05, 0) is 29.7 Å². The lowest BCUT2D eigenvalue weighted by atomic mass is 9.99. The second-order valence-electron chi connectivity index (χ2n) is 8.46. The van der Waals surface area contributed by atoms with Gasteiger partial charge in [0, 0.05) is 36.3 Å². The first kappa shape index (κ1) is 24.3. The van der Waals surface area contributed by atoms with E-state index in [0.717, 1.165) is 16.7 Å². The SMILES string of the molecule is COC(=O)[C@@H]1C[C@@H](NC(=O)c2ccccc2-c2ccccc2)CN1Cc1ccc(OC)cc1OC. The Hall–Kier alpha value is -3.84. The molecule has 1 saturated heterocycles. The van der Waals surface area contributed by atoms with Crippen molar-refractivity contribution in [1.29, 1.82) is 0 Å². The van der Waals surface area contributed by atoms with E-state index in [-0.39, 0.29) is 17.9 Å². The maximum atomic E-state index is 13.3. The lowest BCUT2D eigenvalue weighted by Crippen LogP contribution is -2.38. The molecule has 3 aromatic rings. The molecule has 0 aliphatic carbocycles. The molecule has 0 bridgehead atoms. The van der Waals surface area contributed by atoms with E-state index in [9.17, 15) is 9.59 Å². The monoisotopic (exact) mass is 474 g/mol. The number of hydrogen-bond acceptors (Lipinski definition) is 6. The Kier molecular flexibility index (Phi) is 7.67. The molecule has 0 radical (unpaired) electrons. The van der Waals surface area contributed by atoms with Crippen molar-refractivity contribution in [3.63, 3.8) is 0 Å². The summed E-state index contributed by atoms with van der Waals surface area (Å²) in [5, 5.41) is 3.14. The number of methoxy groups -OCH3 is 3. The second kappa shape index (κ2) is 11.1. The largest absolute Gasteiger partial charge is 0.497 e. The second-order valence-corrected chi connectivity index (χ2v) is 8.46. The Morgan fingerprint density at radius 3 is 2.40 bits per heavy atom. The average Bonchev–Trinajstić information content (AvgIpc) is 3.30. The molecule has 0 unspecified atom stereocenters. The third-order valence-corrected chi connectivity index (χ3v) is 6.34. The topological polar surface area (TPSA) is 77.1 Å². The van der Waals surface area contributed by atoms with Gasteiger partial charge in [0.1, 0.15) is 17.5 Å². The number of esters is 1. The van der Waals surface area contributed by atoms with Gasteiger partial charge in [0.15, 0.2) is 0 Å². The van der Waals surface area contributed by atoms with Crippen LogP contribution >= 0.6 is 0 Å². The summed E-state index contributed by atoms with van der Waals surface area (Å²) in [4.78, 5) is 27.9. The van der Waals surface area contributed by atoms with Crippen LogP contribution in [0.15, 0.2) is 72.8 Å². The molecule has 7 heteroatoms. The molecule has 2 atom stereocenters. The van der Waals surface area contributed by atoms with Crippen molar-refractivity contribution < 1.29 is 23.8 Å². The lowest BCUT2D eigenvalue weighted by molar-refractivity contribution is -0.146. The molecule has 1 N–H and O–H groups in total. The van der Waals surface area contributed by atoms with Crippen molar-refractivity contribution in [2.24, 2.45) is 0 Å². The smallest absolute Gasteiger partial charge is 0.323 e. The summed E-state index contributed by atoms with van der Waals surface area (Å²) in [7, 11) is 4.59. The zero-order valence-corrected chi connectivity index (χ0v) is 20.2. The van der Waals surface area contributed by atoms with Crippen molar-refractivity contribution in [2.75, 3.05) is 27.9 Å². The number of amides is 1. The highest BCUT2D eigenvalue weighted by Gasteiger charge is 2.38. The van der Waals surface area contributed by atoms with Crippen LogP contribution in [0, 0.1) is 0 Å². The molecule has 0 aromatic heterocycles. The highest BCUT2D eigenvalue weighted by atomic mass is 16.5. The maximum absolute atomic E-state index is 13.3. The molecule has 4 rings (SSSR count). The van der Waals surface area contributed by atoms with Gasteiger partial charge < -0.3 is 19.5 Å². The van der Waals surface area contributed by atoms with Crippen LogP contribution in [0.3, 0.4) is 0 Å². The quantitative estimate of drug-likeness (QED) is 0.499. The molecule has 1 heterocycles. The Balaban J connectivity index is 1.53. The van der Waals surface area contributed by atoms with Gasteiger partial charge in [-0.1, -0.05) is 54.6 Å². The Morgan fingerprint density at radius 2 is 1.69 bits per heavy atom. The standard InChI is InChI=1S/C28H30N2O5/c1-33-22-14-13-20(26(16-22)34-2)17-30-18-21(15-25(30)28(32)35-3)29-27(31)24-12-8-7-11-23(24)19-9-5-4-6-10-19/h4-14,16,21,25H,15,17-18H2,1-3H3,(H,29,31)/t21-,25+/m1/s1. The Bertz CT molecular complexity index is 1180. The normalized spacial score (nSPS) is 17.6. The van der Waals surface area contributed by atoms with Crippen LogP contribution in [-0.4, -0.2) is 56.7 Å². The number of ether oxygens (including phenoxy) is 3. The number of likely N-dealkylation sites (tertiary alicyclic amines) is 1. The molecule has 7 nitrogen and oxygen atoms in total. The minimum atomic E-state index is -0.471. The fraction of sp³-hybridized carbons (Fsp3) is 0.286. The van der Waals surface area contributed by atoms with Crippen LogP contribution in [0.2, 0.25) is 0 Å². The first-order valence-corrected chi connectivity index (χ1v) is 11.5. The van der Waals surface area contributed by atoms with Crippen molar-refractivity contribution in [3.8, 4) is 22.6 Å². The predicted octanol–water partition coefficient (Wildman–Crippen LogP) is 3.92. The average molecular weight is 475 g/mol. The molecule has 35 heavy (non-hydrogen) atoms. The van der Waals surface area contributed by atoms with E-state index >= 15 is 0 Å². The van der Waals surface area contributed by atoms with E-state index in [1.807, 2.05) is 77.7 Å². The van der Waals surface area contributed by atoms with E-state index in [1.54, 1.807) is 14.2 Å². The minimum Gasteiger partial charge on any atom is -0.497 e. The van der Waals surface area contributed by atoms with Gasteiger partial charge >= 0.3 is 5.97 Å². The van der Waals surface area contributed by atoms with Crippen LogP contribution in [0.5, 0.6) is 11.5 Å². The molecule has 0 spiro atoms. The highest BCUT2D eigenvalue weighted by Crippen LogP contribution is 2.30. The number of hydrogen-bond donors (Lipinski definition) is 1. The summed E-state index contributed by atoms with van der Waals surface area (Å²) in [6, 6.07) is 22.3. The minimum absolute atomic E-state index is 0.165. The molecule has 1 aliphatic heterocycles. The first-order valence-electron chi connectivity index (χ1n) is 11.5. The number of nitrogens with one attached hydrogen (secondary N) is 1. The van der Waals surface area contributed by atoms with Gasteiger partial charge in [-0.25, -0.2) is 0 Å². The zero-order chi connectivity index (χ0) is 24.8. The summed E-state index contributed by atoms with van der Waals surface area (Å²) < 4.78 is 15.9. The summed E-state index contributed by atoms with van der Waals surface area (Å²) in [6.07, 6.45) is 0.463. The van der Waals surface area contributed by atoms with Crippen LogP contribution in [-0.2, 0) is 16.1 Å². The fourth-order valence-corrected chi connectivity index (χ4v) is 4.58. The third kappa shape index (κ3) is 5.46. The number of carbonyl (C=O) groups is 2. The van der Waals surface area contributed by atoms with Crippen molar-refractivity contribution in [3.05, 3.63) is 83.9 Å². The fourth-order valence-electron chi connectivity index (χ4n) is 4.58. The molecule has 1 aliphatic rings. The van der Waals surface area contributed by atoms with Crippen LogP contribution < -0.4 is 14.8 Å². The molecule has 0 saturated carbocycles. The van der Waals surface area contributed by atoms with Gasteiger partial charge in [-0.15, -0.1) is 0 Å². The maximum Gasteiger partial charge on any atom is 0.323 e.